The number of amides is 1. The largest absolute Gasteiger partial charge is 0.507 e. The van der Waals surface area contributed by atoms with Crippen LogP contribution in [0, 0.1) is 6.92 Å². The second-order valence-electron chi connectivity index (χ2n) is 6.70. The topological polar surface area (TPSA) is 80.0 Å². The number of furan rings is 1. The molecule has 6 heteroatoms. The molecule has 1 unspecified atom stereocenters. The van der Waals surface area contributed by atoms with Gasteiger partial charge in [-0.25, -0.2) is 0 Å². The number of carbonyl (C=O) groups excluding carboxylic acids is 2. The molecule has 0 aliphatic carbocycles. The van der Waals surface area contributed by atoms with Gasteiger partial charge in [-0.3, -0.25) is 14.5 Å². The summed E-state index contributed by atoms with van der Waals surface area (Å²) in [4.78, 5) is 27.2. The van der Waals surface area contributed by atoms with Gasteiger partial charge in [-0.15, -0.1) is 0 Å². The van der Waals surface area contributed by atoms with Crippen LogP contribution in [0.3, 0.4) is 0 Å². The number of ether oxygens (including phenoxy) is 1. The predicted octanol–water partition coefficient (Wildman–Crippen LogP) is 4.22. The third-order valence-corrected chi connectivity index (χ3v) is 4.98. The molecule has 1 fully saturated rings. The Morgan fingerprint density at radius 3 is 2.45 bits per heavy atom. The van der Waals surface area contributed by atoms with E-state index in [2.05, 4.69) is 0 Å². The smallest absolute Gasteiger partial charge is 0.300 e. The maximum Gasteiger partial charge on any atom is 0.300 e. The summed E-state index contributed by atoms with van der Waals surface area (Å²) in [6, 6.07) is 16.5. The molecule has 4 rings (SSSR count). The minimum Gasteiger partial charge on any atom is -0.507 e. The summed E-state index contributed by atoms with van der Waals surface area (Å²) < 4.78 is 10.7. The number of hydrogen-bond acceptors (Lipinski definition) is 5. The number of para-hydroxylation sites is 1. The molecule has 146 valence electrons. The molecule has 6 nitrogen and oxygen atoms in total. The number of anilines is 1. The molecular formula is C23H19NO5. The van der Waals surface area contributed by atoms with Crippen molar-refractivity contribution in [3.05, 3.63) is 89.4 Å². The molecular weight excluding hydrogens is 370 g/mol. The number of methoxy groups -OCH3 is 1. The van der Waals surface area contributed by atoms with Gasteiger partial charge < -0.3 is 14.3 Å². The standard InChI is InChI=1S/C23H19NO5/c1-14-13-16(28-2)10-11-17(14)21(25)19-20(18-9-6-12-29-18)24(23(27)22(19)26)15-7-4-3-5-8-15/h3-13,20,25H,1-2H3/b21-19-. The molecule has 1 saturated heterocycles. The number of ketones is 1. The van der Waals surface area contributed by atoms with Crippen molar-refractivity contribution in [2.45, 2.75) is 13.0 Å². The van der Waals surface area contributed by atoms with Crippen LogP contribution in [0.4, 0.5) is 5.69 Å². The van der Waals surface area contributed by atoms with E-state index in [-0.39, 0.29) is 11.3 Å². The fourth-order valence-corrected chi connectivity index (χ4v) is 3.58. The number of aliphatic hydroxyl groups is 1. The number of nitrogens with zero attached hydrogens (tertiary/aromatic N) is 1. The molecule has 0 spiro atoms. The van der Waals surface area contributed by atoms with E-state index in [4.69, 9.17) is 9.15 Å². The van der Waals surface area contributed by atoms with Crippen LogP contribution < -0.4 is 9.64 Å². The van der Waals surface area contributed by atoms with Crippen molar-refractivity contribution in [3.63, 3.8) is 0 Å². The zero-order chi connectivity index (χ0) is 20.5. The van der Waals surface area contributed by atoms with Crippen LogP contribution in [-0.2, 0) is 9.59 Å². The van der Waals surface area contributed by atoms with Crippen molar-refractivity contribution >= 4 is 23.1 Å². The number of benzene rings is 2. The molecule has 0 bridgehead atoms. The molecule has 1 amide bonds. The minimum absolute atomic E-state index is 0.0120. The Bertz CT molecular complexity index is 1100. The van der Waals surface area contributed by atoms with E-state index in [9.17, 15) is 14.7 Å². The van der Waals surface area contributed by atoms with Gasteiger partial charge in [-0.1, -0.05) is 18.2 Å². The van der Waals surface area contributed by atoms with Gasteiger partial charge in [0.2, 0.25) is 0 Å². The summed E-state index contributed by atoms with van der Waals surface area (Å²) in [6.07, 6.45) is 1.47. The molecule has 3 aromatic rings. The number of aryl methyl sites for hydroxylation is 1. The van der Waals surface area contributed by atoms with Gasteiger partial charge in [-0.05, 0) is 55.0 Å². The fourth-order valence-electron chi connectivity index (χ4n) is 3.58. The van der Waals surface area contributed by atoms with Crippen molar-refractivity contribution in [2.24, 2.45) is 0 Å². The van der Waals surface area contributed by atoms with E-state index in [1.54, 1.807) is 68.6 Å². The van der Waals surface area contributed by atoms with Crippen molar-refractivity contribution < 1.29 is 23.8 Å². The lowest BCUT2D eigenvalue weighted by Gasteiger charge is -2.23. The van der Waals surface area contributed by atoms with E-state index in [1.165, 1.54) is 11.2 Å². The predicted molar refractivity (Wildman–Crippen MR) is 108 cm³/mol. The number of aliphatic hydroxyl groups excluding tert-OH is 1. The average molecular weight is 389 g/mol. The summed E-state index contributed by atoms with van der Waals surface area (Å²) >= 11 is 0. The second-order valence-corrected chi connectivity index (χ2v) is 6.70. The first-order valence-electron chi connectivity index (χ1n) is 9.07. The third-order valence-electron chi connectivity index (χ3n) is 4.98. The average Bonchev–Trinajstić information content (AvgIpc) is 3.35. The van der Waals surface area contributed by atoms with Crippen LogP contribution >= 0.6 is 0 Å². The Balaban J connectivity index is 1.92. The Hall–Kier alpha value is -3.80. The minimum atomic E-state index is -0.867. The van der Waals surface area contributed by atoms with Gasteiger partial charge in [0.15, 0.2) is 0 Å². The highest BCUT2D eigenvalue weighted by Crippen LogP contribution is 2.42. The van der Waals surface area contributed by atoms with Gasteiger partial charge in [-0.2, -0.15) is 0 Å². The van der Waals surface area contributed by atoms with Crippen molar-refractivity contribution in [3.8, 4) is 5.75 Å². The van der Waals surface area contributed by atoms with Crippen LogP contribution in [0.1, 0.15) is 22.9 Å². The first-order chi connectivity index (χ1) is 14.0. The maximum atomic E-state index is 13.0. The zero-order valence-electron chi connectivity index (χ0n) is 16.0. The molecule has 1 aromatic heterocycles. The first-order valence-corrected chi connectivity index (χ1v) is 9.07. The van der Waals surface area contributed by atoms with Crippen LogP contribution in [0.2, 0.25) is 0 Å². The van der Waals surface area contributed by atoms with E-state index < -0.39 is 17.7 Å². The summed E-state index contributed by atoms with van der Waals surface area (Å²) in [7, 11) is 1.55. The highest BCUT2D eigenvalue weighted by Gasteiger charge is 2.48. The van der Waals surface area contributed by atoms with Crippen molar-refractivity contribution in [2.75, 3.05) is 12.0 Å². The van der Waals surface area contributed by atoms with Gasteiger partial charge in [0.25, 0.3) is 11.7 Å². The Morgan fingerprint density at radius 2 is 1.83 bits per heavy atom. The van der Waals surface area contributed by atoms with Crippen molar-refractivity contribution in [1.82, 2.24) is 0 Å². The van der Waals surface area contributed by atoms with Crippen LogP contribution in [0.25, 0.3) is 5.76 Å². The van der Waals surface area contributed by atoms with Crippen LogP contribution in [0.5, 0.6) is 5.75 Å². The van der Waals surface area contributed by atoms with Gasteiger partial charge in [0.05, 0.1) is 18.9 Å². The maximum absolute atomic E-state index is 13.0. The van der Waals surface area contributed by atoms with Crippen molar-refractivity contribution in [1.29, 1.82) is 0 Å². The third kappa shape index (κ3) is 3.08. The lowest BCUT2D eigenvalue weighted by molar-refractivity contribution is -0.132. The Morgan fingerprint density at radius 1 is 1.07 bits per heavy atom. The molecule has 2 aromatic carbocycles. The Kier molecular flexibility index (Phi) is 4.68. The zero-order valence-corrected chi connectivity index (χ0v) is 16.0. The van der Waals surface area contributed by atoms with E-state index in [0.717, 1.165) is 0 Å². The molecule has 1 N–H and O–H groups in total. The monoisotopic (exact) mass is 389 g/mol. The lowest BCUT2D eigenvalue weighted by atomic mass is 9.97. The number of Topliss-reactive ketones (excluding diaryl/α,β-unsaturated/α-hetero) is 1. The van der Waals surface area contributed by atoms with Gasteiger partial charge >= 0.3 is 0 Å². The molecule has 29 heavy (non-hydrogen) atoms. The van der Waals surface area contributed by atoms with E-state index in [1.807, 2.05) is 6.07 Å². The quantitative estimate of drug-likeness (QED) is 0.410. The lowest BCUT2D eigenvalue weighted by Crippen LogP contribution is -2.29. The molecule has 1 atom stereocenters. The van der Waals surface area contributed by atoms with Crippen LogP contribution in [-0.4, -0.2) is 23.9 Å². The number of rotatable bonds is 4. The molecule has 0 saturated carbocycles. The SMILES string of the molecule is COc1ccc(/C(O)=C2/C(=O)C(=O)N(c3ccccc3)C2c2ccco2)c(C)c1. The normalized spacial score (nSPS) is 18.3. The summed E-state index contributed by atoms with van der Waals surface area (Å²) in [5, 5.41) is 11.1. The van der Waals surface area contributed by atoms with E-state index in [0.29, 0.717) is 28.3 Å². The fraction of sp³-hybridized carbons (Fsp3) is 0.130. The molecule has 1 aliphatic heterocycles. The summed E-state index contributed by atoms with van der Waals surface area (Å²) in [5.74, 6) is -0.705. The van der Waals surface area contributed by atoms with E-state index >= 15 is 0 Å². The Labute approximate surface area is 167 Å². The van der Waals surface area contributed by atoms with Crippen LogP contribution in [0.15, 0.2) is 76.9 Å². The number of hydrogen-bond donors (Lipinski definition) is 1. The van der Waals surface area contributed by atoms with Gasteiger partial charge in [0.1, 0.15) is 23.3 Å². The summed E-state index contributed by atoms with van der Waals surface area (Å²) in [5.41, 5.74) is 1.70. The van der Waals surface area contributed by atoms with Gasteiger partial charge in [0, 0.05) is 11.3 Å². The highest BCUT2D eigenvalue weighted by atomic mass is 16.5. The first kappa shape index (κ1) is 18.6. The second kappa shape index (κ2) is 7.31. The molecule has 1 aliphatic rings. The molecule has 2 heterocycles. The highest BCUT2D eigenvalue weighted by molar-refractivity contribution is 6.51. The number of carbonyl (C=O) groups is 2. The summed E-state index contributed by atoms with van der Waals surface area (Å²) in [6.45, 7) is 1.80. The molecule has 0 radical (unpaired) electrons.